The fourth-order valence-corrected chi connectivity index (χ4v) is 3.52. The number of Topliss-reactive ketones (excluding diaryl/α,β-unsaturated/α-hetero) is 1. The number of hydrogen-bond donors (Lipinski definition) is 1. The van der Waals surface area contributed by atoms with Crippen molar-refractivity contribution in [1.82, 2.24) is 10.2 Å². The first-order valence-electron chi connectivity index (χ1n) is 8.62. The van der Waals surface area contributed by atoms with Gasteiger partial charge in [-0.3, -0.25) is 9.69 Å². The lowest BCUT2D eigenvalue weighted by molar-refractivity contribution is 0.101. The van der Waals surface area contributed by atoms with Crippen molar-refractivity contribution < 1.29 is 9.18 Å². The van der Waals surface area contributed by atoms with Gasteiger partial charge in [0, 0.05) is 31.7 Å². The number of ketones is 1. The van der Waals surface area contributed by atoms with Crippen LogP contribution in [0.4, 0.5) is 10.1 Å². The molecule has 0 bridgehead atoms. The van der Waals surface area contributed by atoms with E-state index in [0.717, 1.165) is 51.7 Å². The van der Waals surface area contributed by atoms with Crippen LogP contribution in [0.15, 0.2) is 18.2 Å². The molecule has 5 heteroatoms. The molecule has 0 aliphatic carbocycles. The molecule has 0 radical (unpaired) electrons. The number of nitrogens with zero attached hydrogens (tertiary/aromatic N) is 2. The van der Waals surface area contributed by atoms with Gasteiger partial charge in [0.1, 0.15) is 5.82 Å². The minimum atomic E-state index is -0.289. The van der Waals surface area contributed by atoms with Crippen molar-refractivity contribution in [3.05, 3.63) is 29.6 Å². The molecule has 0 aromatic heterocycles. The monoisotopic (exact) mass is 319 g/mol. The summed E-state index contributed by atoms with van der Waals surface area (Å²) in [5, 5.41) is 3.41. The predicted molar refractivity (Wildman–Crippen MR) is 90.7 cm³/mol. The molecule has 2 aliphatic rings. The maximum Gasteiger partial charge on any atom is 0.159 e. The molecule has 1 atom stereocenters. The maximum absolute atomic E-state index is 14.2. The summed E-state index contributed by atoms with van der Waals surface area (Å²) in [4.78, 5) is 15.9. The van der Waals surface area contributed by atoms with Crippen LogP contribution in [-0.4, -0.2) is 56.5 Å². The zero-order valence-corrected chi connectivity index (χ0v) is 13.9. The highest BCUT2D eigenvalue weighted by molar-refractivity contribution is 5.94. The van der Waals surface area contributed by atoms with Gasteiger partial charge in [-0.15, -0.1) is 0 Å². The van der Waals surface area contributed by atoms with Crippen LogP contribution < -0.4 is 10.2 Å². The van der Waals surface area contributed by atoms with Crippen molar-refractivity contribution in [2.24, 2.45) is 5.92 Å². The molecule has 0 amide bonds. The zero-order valence-electron chi connectivity index (χ0n) is 13.9. The van der Waals surface area contributed by atoms with Crippen LogP contribution in [0, 0.1) is 11.7 Å². The van der Waals surface area contributed by atoms with Crippen molar-refractivity contribution in [1.29, 1.82) is 0 Å². The summed E-state index contributed by atoms with van der Waals surface area (Å²) in [5.74, 6) is 0.439. The van der Waals surface area contributed by atoms with Crippen LogP contribution in [-0.2, 0) is 0 Å². The number of rotatable bonds is 5. The van der Waals surface area contributed by atoms with E-state index in [4.69, 9.17) is 0 Å². The van der Waals surface area contributed by atoms with Gasteiger partial charge >= 0.3 is 0 Å². The largest absolute Gasteiger partial charge is 0.367 e. The van der Waals surface area contributed by atoms with Crippen LogP contribution in [0.2, 0.25) is 0 Å². The van der Waals surface area contributed by atoms with Crippen molar-refractivity contribution in [3.63, 3.8) is 0 Å². The molecule has 1 aromatic rings. The Morgan fingerprint density at radius 1 is 1.30 bits per heavy atom. The number of carbonyl (C=O) groups is 1. The lowest BCUT2D eigenvalue weighted by Crippen LogP contribution is -2.47. The molecule has 4 nitrogen and oxygen atoms in total. The summed E-state index contributed by atoms with van der Waals surface area (Å²) in [6.07, 6.45) is 2.56. The van der Waals surface area contributed by atoms with E-state index in [1.54, 1.807) is 12.1 Å². The lowest BCUT2D eigenvalue weighted by atomic mass is 10.0. The van der Waals surface area contributed by atoms with E-state index in [0.29, 0.717) is 11.3 Å². The Bertz CT molecular complexity index is 549. The quantitative estimate of drug-likeness (QED) is 0.844. The molecule has 0 spiro atoms. The first-order valence-corrected chi connectivity index (χ1v) is 8.62. The number of benzene rings is 1. The summed E-state index contributed by atoms with van der Waals surface area (Å²) in [6.45, 7) is 8.58. The van der Waals surface area contributed by atoms with Gasteiger partial charge in [-0.1, -0.05) is 0 Å². The average molecular weight is 319 g/mol. The van der Waals surface area contributed by atoms with Crippen LogP contribution in [0.1, 0.15) is 30.1 Å². The van der Waals surface area contributed by atoms with E-state index in [9.17, 15) is 9.18 Å². The Morgan fingerprint density at radius 2 is 2.09 bits per heavy atom. The van der Waals surface area contributed by atoms with Crippen LogP contribution in [0.25, 0.3) is 0 Å². The fourth-order valence-electron chi connectivity index (χ4n) is 3.52. The fraction of sp³-hybridized carbons (Fsp3) is 0.611. The summed E-state index contributed by atoms with van der Waals surface area (Å²) in [7, 11) is 0. The molecule has 126 valence electrons. The van der Waals surface area contributed by atoms with Gasteiger partial charge in [0.2, 0.25) is 0 Å². The second kappa shape index (κ2) is 7.41. The lowest BCUT2D eigenvalue weighted by Gasteiger charge is -2.36. The molecule has 1 N–H and O–H groups in total. The van der Waals surface area contributed by atoms with Crippen molar-refractivity contribution >= 4 is 11.5 Å². The van der Waals surface area contributed by atoms with Crippen LogP contribution >= 0.6 is 0 Å². The first-order chi connectivity index (χ1) is 11.1. The Labute approximate surface area is 137 Å². The topological polar surface area (TPSA) is 35.6 Å². The molecule has 2 saturated heterocycles. The van der Waals surface area contributed by atoms with Gasteiger partial charge in [0.15, 0.2) is 5.78 Å². The highest BCUT2D eigenvalue weighted by atomic mass is 19.1. The maximum atomic E-state index is 14.2. The van der Waals surface area contributed by atoms with Gasteiger partial charge in [0.05, 0.1) is 5.69 Å². The third-order valence-corrected chi connectivity index (χ3v) is 5.08. The van der Waals surface area contributed by atoms with E-state index in [-0.39, 0.29) is 11.6 Å². The second-order valence-electron chi connectivity index (χ2n) is 6.70. The summed E-state index contributed by atoms with van der Waals surface area (Å²) in [6, 6.07) is 4.82. The van der Waals surface area contributed by atoms with Gasteiger partial charge in [-0.2, -0.15) is 0 Å². The molecular weight excluding hydrogens is 293 g/mol. The predicted octanol–water partition coefficient (Wildman–Crippen LogP) is 2.15. The zero-order chi connectivity index (χ0) is 16.2. The Hall–Kier alpha value is -1.46. The molecule has 1 unspecified atom stereocenters. The number of nitrogens with one attached hydrogen (secondary N) is 1. The highest BCUT2D eigenvalue weighted by Gasteiger charge is 2.21. The molecule has 0 saturated carbocycles. The molecule has 23 heavy (non-hydrogen) atoms. The Kier molecular flexibility index (Phi) is 5.28. The molecular formula is C18H26FN3O. The number of piperazine rings is 1. The number of carbonyl (C=O) groups excluding carboxylic acids is 1. The molecule has 1 aromatic carbocycles. The van der Waals surface area contributed by atoms with Gasteiger partial charge in [0.25, 0.3) is 0 Å². The number of hydrogen-bond acceptors (Lipinski definition) is 4. The van der Waals surface area contributed by atoms with Crippen molar-refractivity contribution in [2.45, 2.75) is 19.8 Å². The Balaban J connectivity index is 1.51. The minimum Gasteiger partial charge on any atom is -0.367 e. The number of halogens is 1. The smallest absolute Gasteiger partial charge is 0.159 e. The summed E-state index contributed by atoms with van der Waals surface area (Å²) < 4.78 is 14.2. The molecule has 2 aliphatic heterocycles. The minimum absolute atomic E-state index is 0.0957. The van der Waals surface area contributed by atoms with Gasteiger partial charge in [-0.05, 0) is 63.5 Å². The first kappa shape index (κ1) is 16.4. The van der Waals surface area contributed by atoms with Crippen LogP contribution in [0.3, 0.4) is 0 Å². The SMILES string of the molecule is CC(=O)c1ccc(N2CCN(CCC3CCNC3)CC2)c(F)c1. The summed E-state index contributed by atoms with van der Waals surface area (Å²) >= 11 is 0. The van der Waals surface area contributed by atoms with Gasteiger partial charge < -0.3 is 10.2 Å². The highest BCUT2D eigenvalue weighted by Crippen LogP contribution is 2.22. The van der Waals surface area contributed by atoms with E-state index in [2.05, 4.69) is 15.1 Å². The third-order valence-electron chi connectivity index (χ3n) is 5.08. The number of anilines is 1. The van der Waals surface area contributed by atoms with E-state index in [1.165, 1.54) is 25.8 Å². The second-order valence-corrected chi connectivity index (χ2v) is 6.70. The normalized spacial score (nSPS) is 22.5. The summed E-state index contributed by atoms with van der Waals surface area (Å²) in [5.41, 5.74) is 1.06. The standard InChI is InChI=1S/C18H26FN3O/c1-14(23)16-2-3-18(17(19)12-16)22-10-8-21(9-11-22)7-5-15-4-6-20-13-15/h2-3,12,15,20H,4-11,13H2,1H3. The van der Waals surface area contributed by atoms with E-state index in [1.807, 2.05) is 0 Å². The van der Waals surface area contributed by atoms with Gasteiger partial charge in [-0.25, -0.2) is 4.39 Å². The Morgan fingerprint density at radius 3 is 2.70 bits per heavy atom. The van der Waals surface area contributed by atoms with Crippen LogP contribution in [0.5, 0.6) is 0 Å². The van der Waals surface area contributed by atoms with E-state index >= 15 is 0 Å². The average Bonchev–Trinajstić information content (AvgIpc) is 3.07. The van der Waals surface area contributed by atoms with Crippen molar-refractivity contribution in [3.8, 4) is 0 Å². The third kappa shape index (κ3) is 4.09. The molecule has 2 fully saturated rings. The van der Waals surface area contributed by atoms with E-state index < -0.39 is 0 Å². The van der Waals surface area contributed by atoms with Crippen molar-refractivity contribution in [2.75, 3.05) is 50.7 Å². The molecule has 2 heterocycles. The molecule has 3 rings (SSSR count).